The first-order valence-corrected chi connectivity index (χ1v) is 6.68. The van der Waals surface area contributed by atoms with Gasteiger partial charge in [-0.25, -0.2) is 0 Å². The summed E-state index contributed by atoms with van der Waals surface area (Å²) in [7, 11) is 4.28. The van der Waals surface area contributed by atoms with Gasteiger partial charge in [0.2, 0.25) is 5.89 Å². The Morgan fingerprint density at radius 2 is 2.32 bits per heavy atom. The quantitative estimate of drug-likeness (QED) is 0.779. The lowest BCUT2D eigenvalue weighted by Crippen LogP contribution is -2.50. The van der Waals surface area contributed by atoms with Crippen molar-refractivity contribution in [2.24, 2.45) is 5.73 Å². The third-order valence-electron chi connectivity index (χ3n) is 3.62. The molecule has 0 radical (unpaired) electrons. The van der Waals surface area contributed by atoms with Gasteiger partial charge in [0.25, 0.3) is 0 Å². The maximum Gasteiger partial charge on any atom is 0.243 e. The van der Waals surface area contributed by atoms with Crippen molar-refractivity contribution in [1.82, 2.24) is 19.9 Å². The minimum atomic E-state index is -0.245. The van der Waals surface area contributed by atoms with Crippen LogP contribution in [0.1, 0.15) is 24.2 Å². The van der Waals surface area contributed by atoms with Crippen LogP contribution in [-0.2, 0) is 6.42 Å². The highest BCUT2D eigenvalue weighted by Crippen LogP contribution is 2.15. The fourth-order valence-corrected chi connectivity index (χ4v) is 2.31. The van der Waals surface area contributed by atoms with Crippen LogP contribution in [0.15, 0.2) is 17.2 Å². The van der Waals surface area contributed by atoms with Crippen LogP contribution < -0.4 is 5.73 Å². The Labute approximate surface area is 114 Å². The average Bonchev–Trinajstić information content (AvgIpc) is 2.83. The van der Waals surface area contributed by atoms with Gasteiger partial charge in [0.1, 0.15) is 0 Å². The van der Waals surface area contributed by atoms with Gasteiger partial charge < -0.3 is 20.1 Å². The Morgan fingerprint density at radius 1 is 1.53 bits per heavy atom. The summed E-state index contributed by atoms with van der Waals surface area (Å²) in [4.78, 5) is 9.06. The Balaban J connectivity index is 1.97. The molecule has 0 amide bonds. The maximum absolute atomic E-state index is 5.92. The minimum absolute atomic E-state index is 0.245. The van der Waals surface area contributed by atoms with Gasteiger partial charge in [-0.3, -0.25) is 0 Å². The molecule has 1 aliphatic heterocycles. The summed E-state index contributed by atoms with van der Waals surface area (Å²) >= 11 is 0. The summed E-state index contributed by atoms with van der Waals surface area (Å²) in [6.45, 7) is 6.87. The van der Waals surface area contributed by atoms with Gasteiger partial charge in [-0.2, -0.15) is 4.98 Å². The van der Waals surface area contributed by atoms with Crippen molar-refractivity contribution in [3.8, 4) is 0 Å². The van der Waals surface area contributed by atoms with Gasteiger partial charge in [-0.1, -0.05) is 11.2 Å². The SMILES string of the molecule is C=CCC(N)c1nc(CC2CN(C)CCN2C)no1. The second kappa shape index (κ2) is 6.27. The van der Waals surface area contributed by atoms with Crippen molar-refractivity contribution in [2.75, 3.05) is 33.7 Å². The molecule has 0 bridgehead atoms. The molecule has 6 heteroatoms. The number of likely N-dealkylation sites (N-methyl/N-ethyl adjacent to an activating group) is 2. The summed E-state index contributed by atoms with van der Waals surface area (Å²) in [6.07, 6.45) is 3.21. The van der Waals surface area contributed by atoms with Crippen LogP contribution in [0.25, 0.3) is 0 Å². The second-order valence-corrected chi connectivity index (χ2v) is 5.28. The van der Waals surface area contributed by atoms with E-state index >= 15 is 0 Å². The van der Waals surface area contributed by atoms with Gasteiger partial charge in [0.05, 0.1) is 6.04 Å². The highest BCUT2D eigenvalue weighted by molar-refractivity contribution is 4.97. The van der Waals surface area contributed by atoms with E-state index in [-0.39, 0.29) is 6.04 Å². The van der Waals surface area contributed by atoms with Crippen LogP contribution in [0, 0.1) is 0 Å². The van der Waals surface area contributed by atoms with E-state index in [1.807, 2.05) is 0 Å². The highest BCUT2D eigenvalue weighted by Gasteiger charge is 2.24. The highest BCUT2D eigenvalue weighted by atomic mass is 16.5. The van der Waals surface area contributed by atoms with Gasteiger partial charge in [0.15, 0.2) is 5.82 Å². The number of rotatable bonds is 5. The van der Waals surface area contributed by atoms with Crippen molar-refractivity contribution in [3.05, 3.63) is 24.4 Å². The predicted molar refractivity (Wildman–Crippen MR) is 73.7 cm³/mol. The summed E-state index contributed by atoms with van der Waals surface area (Å²) in [5.41, 5.74) is 5.92. The van der Waals surface area contributed by atoms with Crippen molar-refractivity contribution in [2.45, 2.75) is 24.9 Å². The van der Waals surface area contributed by atoms with E-state index < -0.39 is 0 Å². The topological polar surface area (TPSA) is 71.4 Å². The number of piperazine rings is 1. The number of hydrogen-bond acceptors (Lipinski definition) is 6. The standard InChI is InChI=1S/C13H23N5O/c1-4-5-11(14)13-15-12(16-19-13)8-10-9-17(2)6-7-18(10)3/h4,10-11H,1,5-9,14H2,2-3H3. The van der Waals surface area contributed by atoms with Gasteiger partial charge in [-0.05, 0) is 20.5 Å². The normalized spacial score (nSPS) is 23.4. The summed E-state index contributed by atoms with van der Waals surface area (Å²) in [5, 5.41) is 4.03. The van der Waals surface area contributed by atoms with Gasteiger partial charge in [0, 0.05) is 32.1 Å². The monoisotopic (exact) mass is 265 g/mol. The van der Waals surface area contributed by atoms with Crippen LogP contribution in [0.3, 0.4) is 0 Å². The van der Waals surface area contributed by atoms with Crippen molar-refractivity contribution >= 4 is 0 Å². The van der Waals surface area contributed by atoms with E-state index in [2.05, 4.69) is 40.6 Å². The predicted octanol–water partition coefficient (Wildman–Crippen LogP) is 0.434. The Morgan fingerprint density at radius 3 is 3.05 bits per heavy atom. The molecule has 2 atom stereocenters. The third-order valence-corrected chi connectivity index (χ3v) is 3.62. The zero-order valence-corrected chi connectivity index (χ0v) is 11.7. The Kier molecular flexibility index (Phi) is 4.68. The summed E-state index contributed by atoms with van der Waals surface area (Å²) in [5.74, 6) is 1.24. The molecule has 2 N–H and O–H groups in total. The molecule has 0 saturated carbocycles. The Bertz CT molecular complexity index is 419. The van der Waals surface area contributed by atoms with Crippen molar-refractivity contribution in [1.29, 1.82) is 0 Å². The average molecular weight is 265 g/mol. The molecule has 6 nitrogen and oxygen atoms in total. The number of aromatic nitrogens is 2. The fourth-order valence-electron chi connectivity index (χ4n) is 2.31. The third kappa shape index (κ3) is 3.62. The van der Waals surface area contributed by atoms with Crippen LogP contribution in [-0.4, -0.2) is 59.7 Å². The lowest BCUT2D eigenvalue weighted by molar-refractivity contribution is 0.113. The number of nitrogens with two attached hydrogens (primary N) is 1. The van der Waals surface area contributed by atoms with Crippen molar-refractivity contribution in [3.63, 3.8) is 0 Å². The molecule has 2 heterocycles. The van der Waals surface area contributed by atoms with E-state index in [4.69, 9.17) is 10.3 Å². The van der Waals surface area contributed by atoms with Crippen LogP contribution in [0.2, 0.25) is 0 Å². The molecular formula is C13H23N5O. The second-order valence-electron chi connectivity index (χ2n) is 5.28. The molecule has 1 aliphatic rings. The molecule has 2 rings (SSSR count). The van der Waals surface area contributed by atoms with E-state index in [1.54, 1.807) is 6.08 Å². The summed E-state index contributed by atoms with van der Waals surface area (Å²) in [6, 6.07) is 0.185. The van der Waals surface area contributed by atoms with E-state index in [1.165, 1.54) is 0 Å². The molecule has 19 heavy (non-hydrogen) atoms. The molecular weight excluding hydrogens is 242 g/mol. The van der Waals surface area contributed by atoms with Crippen LogP contribution >= 0.6 is 0 Å². The first-order chi connectivity index (χ1) is 9.10. The zero-order valence-electron chi connectivity index (χ0n) is 11.7. The van der Waals surface area contributed by atoms with E-state index in [0.29, 0.717) is 18.4 Å². The van der Waals surface area contributed by atoms with Gasteiger partial charge in [-0.15, -0.1) is 6.58 Å². The zero-order chi connectivity index (χ0) is 13.8. The lowest BCUT2D eigenvalue weighted by atomic mass is 10.1. The van der Waals surface area contributed by atoms with Crippen molar-refractivity contribution < 1.29 is 4.52 Å². The van der Waals surface area contributed by atoms with E-state index in [9.17, 15) is 0 Å². The maximum atomic E-state index is 5.92. The molecule has 0 aliphatic carbocycles. The minimum Gasteiger partial charge on any atom is -0.338 e. The number of nitrogens with zero attached hydrogens (tertiary/aromatic N) is 4. The largest absolute Gasteiger partial charge is 0.338 e. The Hall–Kier alpha value is -1.24. The van der Waals surface area contributed by atoms with E-state index in [0.717, 1.165) is 31.9 Å². The first kappa shape index (κ1) is 14.2. The molecule has 1 saturated heterocycles. The lowest BCUT2D eigenvalue weighted by Gasteiger charge is -2.37. The van der Waals surface area contributed by atoms with Crippen LogP contribution in [0.5, 0.6) is 0 Å². The fraction of sp³-hybridized carbons (Fsp3) is 0.692. The molecule has 0 aromatic carbocycles. The van der Waals surface area contributed by atoms with Crippen LogP contribution in [0.4, 0.5) is 0 Å². The first-order valence-electron chi connectivity index (χ1n) is 6.68. The molecule has 1 aromatic rings. The molecule has 1 aromatic heterocycles. The molecule has 106 valence electrons. The smallest absolute Gasteiger partial charge is 0.243 e. The van der Waals surface area contributed by atoms with Gasteiger partial charge >= 0.3 is 0 Å². The number of hydrogen-bond donors (Lipinski definition) is 1. The molecule has 2 unspecified atom stereocenters. The summed E-state index contributed by atoms with van der Waals surface area (Å²) < 4.78 is 5.22. The molecule has 1 fully saturated rings. The molecule has 0 spiro atoms.